The molecule has 0 aliphatic carbocycles. The number of rotatable bonds is 17. The molecule has 0 spiro atoms. The van der Waals surface area contributed by atoms with Crippen molar-refractivity contribution in [3.63, 3.8) is 0 Å². The Morgan fingerprint density at radius 1 is 0.769 bits per heavy atom. The molecule has 0 radical (unpaired) electrons. The molecule has 0 saturated carbocycles. The first-order valence-electron chi connectivity index (χ1n) is 11.3. The Labute approximate surface area is 167 Å². The summed E-state index contributed by atoms with van der Waals surface area (Å²) in [6.45, 7) is 6.64. The summed E-state index contributed by atoms with van der Waals surface area (Å²) in [5.74, 6) is 0.358. The molecule has 0 saturated heterocycles. The lowest BCUT2D eigenvalue weighted by Gasteiger charge is -2.03. The largest absolute Gasteiger partial charge is 0.293 e. The van der Waals surface area contributed by atoms with Gasteiger partial charge in [-0.1, -0.05) is 90.9 Å². The first-order valence-corrected chi connectivity index (χ1v) is 12.1. The average Bonchev–Trinajstić information content (AvgIpc) is 3.01. The van der Waals surface area contributed by atoms with Crippen LogP contribution < -0.4 is 0 Å². The van der Waals surface area contributed by atoms with Crippen molar-refractivity contribution in [2.75, 3.05) is 0 Å². The fourth-order valence-corrected chi connectivity index (χ4v) is 4.70. The van der Waals surface area contributed by atoms with Crippen LogP contribution in [0.4, 0.5) is 0 Å². The van der Waals surface area contributed by atoms with E-state index in [-0.39, 0.29) is 0 Å². The molecule has 0 bridgehead atoms. The molecule has 1 heterocycles. The van der Waals surface area contributed by atoms with Crippen LogP contribution in [0.5, 0.6) is 0 Å². The minimum atomic E-state index is 0.358. The second kappa shape index (κ2) is 15.4. The highest BCUT2D eigenvalue weighted by Crippen LogP contribution is 2.26. The van der Waals surface area contributed by atoms with Crippen LogP contribution in [0.2, 0.25) is 0 Å². The van der Waals surface area contributed by atoms with Crippen molar-refractivity contribution in [3.05, 3.63) is 21.4 Å². The van der Waals surface area contributed by atoms with Gasteiger partial charge >= 0.3 is 0 Å². The van der Waals surface area contributed by atoms with E-state index < -0.39 is 0 Å². The molecule has 26 heavy (non-hydrogen) atoms. The minimum Gasteiger partial charge on any atom is -0.293 e. The van der Waals surface area contributed by atoms with Gasteiger partial charge in [-0.3, -0.25) is 4.79 Å². The smallest absolute Gasteiger partial charge is 0.172 e. The minimum absolute atomic E-state index is 0.358. The van der Waals surface area contributed by atoms with Gasteiger partial charge in [0.15, 0.2) is 5.78 Å². The fourth-order valence-electron chi connectivity index (χ4n) is 3.51. The van der Waals surface area contributed by atoms with Crippen molar-refractivity contribution >= 4 is 17.1 Å². The molecule has 0 fully saturated rings. The molecule has 0 N–H and O–H groups in total. The topological polar surface area (TPSA) is 17.1 Å². The van der Waals surface area contributed by atoms with Crippen LogP contribution >= 0.6 is 11.3 Å². The van der Waals surface area contributed by atoms with E-state index in [1.165, 1.54) is 93.9 Å². The third-order valence-electron chi connectivity index (χ3n) is 5.31. The molecule has 1 aromatic rings. The van der Waals surface area contributed by atoms with Crippen LogP contribution in [0.1, 0.15) is 130 Å². The molecule has 150 valence electrons. The fraction of sp³-hybridized carbons (Fsp3) is 0.792. The number of carbonyl (C=O) groups is 1. The van der Waals surface area contributed by atoms with Gasteiger partial charge in [-0.05, 0) is 37.8 Å². The molecular formula is C24H42OS. The van der Waals surface area contributed by atoms with Crippen molar-refractivity contribution in [2.24, 2.45) is 0 Å². The van der Waals surface area contributed by atoms with E-state index in [0.29, 0.717) is 5.78 Å². The summed E-state index contributed by atoms with van der Waals surface area (Å²) in [6.07, 6.45) is 20.6. The number of thiophene rings is 1. The Kier molecular flexibility index (Phi) is 13.9. The Morgan fingerprint density at radius 3 is 1.85 bits per heavy atom. The number of hydrogen-bond donors (Lipinski definition) is 0. The van der Waals surface area contributed by atoms with Crippen molar-refractivity contribution in [1.29, 1.82) is 0 Å². The van der Waals surface area contributed by atoms with Gasteiger partial charge in [0.25, 0.3) is 0 Å². The van der Waals surface area contributed by atoms with E-state index in [1.807, 2.05) is 0 Å². The number of aryl methyl sites for hydroxylation is 2. The molecule has 1 aromatic heterocycles. The maximum absolute atomic E-state index is 12.3. The molecule has 0 amide bonds. The summed E-state index contributed by atoms with van der Waals surface area (Å²) in [6, 6.07) is 2.13. The van der Waals surface area contributed by atoms with E-state index in [1.54, 1.807) is 11.3 Å². The maximum atomic E-state index is 12.3. The Balaban J connectivity index is 2.09. The van der Waals surface area contributed by atoms with Gasteiger partial charge in [0, 0.05) is 11.3 Å². The van der Waals surface area contributed by atoms with Crippen molar-refractivity contribution in [3.8, 4) is 0 Å². The van der Waals surface area contributed by atoms with E-state index in [2.05, 4.69) is 26.8 Å². The zero-order chi connectivity index (χ0) is 19.0. The molecule has 1 rings (SSSR count). The third-order valence-corrected chi connectivity index (χ3v) is 6.65. The van der Waals surface area contributed by atoms with Gasteiger partial charge in [0.05, 0.1) is 4.88 Å². The van der Waals surface area contributed by atoms with Crippen molar-refractivity contribution < 1.29 is 4.79 Å². The Hall–Kier alpha value is -0.630. The Bertz CT molecular complexity index is 475. The number of Topliss-reactive ketones (excluding diaryl/α,β-unsaturated/α-hetero) is 1. The second-order valence-corrected chi connectivity index (χ2v) is 9.02. The summed E-state index contributed by atoms with van der Waals surface area (Å²) < 4.78 is 0. The number of unbranched alkanes of at least 4 members (excludes halogenated alkanes) is 12. The first kappa shape index (κ1) is 23.4. The molecule has 0 aliphatic rings. The summed E-state index contributed by atoms with van der Waals surface area (Å²) in [7, 11) is 0. The van der Waals surface area contributed by atoms with Crippen molar-refractivity contribution in [1.82, 2.24) is 0 Å². The highest BCUT2D eigenvalue weighted by Gasteiger charge is 2.12. The molecule has 1 nitrogen and oxygen atoms in total. The first-order chi connectivity index (χ1) is 12.7. The zero-order valence-corrected chi connectivity index (χ0v) is 18.5. The molecule has 0 aromatic carbocycles. The molecule has 2 heteroatoms. The van der Waals surface area contributed by atoms with Gasteiger partial charge in [-0.2, -0.15) is 0 Å². The van der Waals surface area contributed by atoms with Gasteiger partial charge < -0.3 is 0 Å². The van der Waals surface area contributed by atoms with Gasteiger partial charge in [0.1, 0.15) is 0 Å². The van der Waals surface area contributed by atoms with Gasteiger partial charge in [-0.15, -0.1) is 11.3 Å². The van der Waals surface area contributed by atoms with Crippen LogP contribution in [0.25, 0.3) is 0 Å². The van der Waals surface area contributed by atoms with E-state index in [4.69, 9.17) is 0 Å². The van der Waals surface area contributed by atoms with E-state index in [0.717, 1.165) is 24.1 Å². The average molecular weight is 379 g/mol. The lowest BCUT2D eigenvalue weighted by molar-refractivity contribution is 0.0983. The monoisotopic (exact) mass is 378 g/mol. The lowest BCUT2D eigenvalue weighted by Crippen LogP contribution is -1.95. The highest BCUT2D eigenvalue weighted by atomic mass is 32.1. The van der Waals surface area contributed by atoms with Crippen molar-refractivity contribution in [2.45, 2.75) is 124 Å². The number of carbonyl (C=O) groups excluding carboxylic acids is 1. The normalized spacial score (nSPS) is 11.2. The Morgan fingerprint density at radius 2 is 1.27 bits per heavy atom. The van der Waals surface area contributed by atoms with Gasteiger partial charge in [-0.25, -0.2) is 0 Å². The SMILES string of the molecule is CCCCCCCCCCCCCc1sc(C(=O)CCCCC)cc1C. The zero-order valence-electron chi connectivity index (χ0n) is 17.7. The summed E-state index contributed by atoms with van der Waals surface area (Å²) in [5.41, 5.74) is 1.33. The standard InChI is InChI=1S/C24H42OS/c1-4-6-8-9-10-11-12-13-14-15-17-19-23-21(3)20-24(26-23)22(25)18-16-7-5-2/h20H,4-19H2,1-3H3. The summed E-state index contributed by atoms with van der Waals surface area (Å²) in [4.78, 5) is 14.7. The molecule has 0 unspecified atom stereocenters. The van der Waals surface area contributed by atoms with Gasteiger partial charge in [0.2, 0.25) is 0 Å². The molecule has 0 aliphatic heterocycles. The van der Waals surface area contributed by atoms with Crippen LogP contribution in [-0.2, 0) is 6.42 Å². The molecule has 0 atom stereocenters. The molecular weight excluding hydrogens is 336 g/mol. The maximum Gasteiger partial charge on any atom is 0.172 e. The summed E-state index contributed by atoms with van der Waals surface area (Å²) in [5, 5.41) is 0. The van der Waals surface area contributed by atoms with Crippen LogP contribution in [0.15, 0.2) is 6.07 Å². The predicted molar refractivity (Wildman–Crippen MR) is 118 cm³/mol. The third kappa shape index (κ3) is 10.5. The van der Waals surface area contributed by atoms with Crippen LogP contribution in [-0.4, -0.2) is 5.78 Å². The van der Waals surface area contributed by atoms with E-state index >= 15 is 0 Å². The quantitative estimate of drug-likeness (QED) is 0.196. The predicted octanol–water partition coefficient (Wildman–Crippen LogP) is 8.67. The lowest BCUT2D eigenvalue weighted by atomic mass is 10.0. The van der Waals surface area contributed by atoms with E-state index in [9.17, 15) is 4.79 Å². The summed E-state index contributed by atoms with van der Waals surface area (Å²) >= 11 is 1.76. The van der Waals surface area contributed by atoms with Crippen LogP contribution in [0.3, 0.4) is 0 Å². The van der Waals surface area contributed by atoms with Crippen LogP contribution in [0, 0.1) is 6.92 Å². The number of ketones is 1. The highest BCUT2D eigenvalue weighted by molar-refractivity contribution is 7.14. The number of hydrogen-bond acceptors (Lipinski definition) is 2. The second-order valence-electron chi connectivity index (χ2n) is 7.88.